The second-order valence-electron chi connectivity index (χ2n) is 8.42. The first kappa shape index (κ1) is 19.9. The Bertz CT molecular complexity index is 429. The average Bonchev–Trinajstić information content (AvgIpc) is 2.70. The fourth-order valence-electron chi connectivity index (χ4n) is 4.13. The summed E-state index contributed by atoms with van der Waals surface area (Å²) in [6.07, 6.45) is 3.53. The van der Waals surface area contributed by atoms with Crippen molar-refractivity contribution in [2.75, 3.05) is 19.6 Å². The fourth-order valence-corrected chi connectivity index (χ4v) is 5.27. The van der Waals surface area contributed by atoms with Gasteiger partial charge in [-0.1, -0.05) is 66.6 Å². The Morgan fingerprint density at radius 1 is 1.30 bits per heavy atom. The molecule has 2 fully saturated rings. The van der Waals surface area contributed by atoms with Crippen LogP contribution in [0.15, 0.2) is 0 Å². The van der Waals surface area contributed by atoms with E-state index in [9.17, 15) is 4.79 Å². The van der Waals surface area contributed by atoms with Gasteiger partial charge in [0.25, 0.3) is 0 Å². The number of carbonyl (C=O) groups is 1. The van der Waals surface area contributed by atoms with Crippen molar-refractivity contribution in [1.82, 2.24) is 9.57 Å². The van der Waals surface area contributed by atoms with E-state index >= 15 is 0 Å². The summed E-state index contributed by atoms with van der Waals surface area (Å²) in [5.41, 5.74) is -0.203. The van der Waals surface area contributed by atoms with Crippen molar-refractivity contribution in [1.29, 1.82) is 0 Å². The predicted octanol–water partition coefficient (Wildman–Crippen LogP) is 4.21. The number of halogens is 1. The highest BCUT2D eigenvalue weighted by molar-refractivity contribution is 14.1. The molecule has 0 radical (unpaired) electrons. The number of carbonyl (C=O) groups excluding carboxylic acids is 1. The van der Waals surface area contributed by atoms with Gasteiger partial charge in [-0.25, -0.2) is 0 Å². The highest BCUT2D eigenvalue weighted by atomic mass is 127. The lowest BCUT2D eigenvalue weighted by atomic mass is 9.74. The molecule has 2 heterocycles. The van der Waals surface area contributed by atoms with Crippen LogP contribution in [0, 0.1) is 23.2 Å². The molecule has 2 saturated heterocycles. The van der Waals surface area contributed by atoms with Crippen LogP contribution in [0.3, 0.4) is 0 Å². The zero-order valence-electron chi connectivity index (χ0n) is 15.4. The summed E-state index contributed by atoms with van der Waals surface area (Å²) in [5, 5.41) is 0. The number of rotatable bonds is 5. The van der Waals surface area contributed by atoms with Gasteiger partial charge in [0.2, 0.25) is 5.91 Å². The number of hydrogen-bond acceptors (Lipinski definition) is 2. The van der Waals surface area contributed by atoms with Gasteiger partial charge >= 0.3 is 0 Å². The van der Waals surface area contributed by atoms with Crippen LogP contribution in [0.2, 0.25) is 0 Å². The molecule has 134 valence electrons. The lowest BCUT2D eigenvalue weighted by Gasteiger charge is -2.36. The summed E-state index contributed by atoms with van der Waals surface area (Å²) in [5.74, 6) is 2.24. The Morgan fingerprint density at radius 2 is 1.96 bits per heavy atom. The first-order chi connectivity index (χ1) is 10.6. The molecule has 23 heavy (non-hydrogen) atoms. The second-order valence-corrected chi connectivity index (χ2v) is 11.1. The normalized spacial score (nSPS) is 32.8. The van der Waals surface area contributed by atoms with Crippen LogP contribution in [0.5, 0.6) is 0 Å². The number of amides is 1. The van der Waals surface area contributed by atoms with Crippen LogP contribution < -0.4 is 0 Å². The van der Waals surface area contributed by atoms with Crippen LogP contribution in [0.1, 0.15) is 53.9 Å². The molecular formula is C18H34IN2OP. The van der Waals surface area contributed by atoms with Gasteiger partial charge < -0.3 is 4.90 Å². The first-order valence-corrected chi connectivity index (χ1v) is 10.9. The number of alkyl halides is 1. The lowest BCUT2D eigenvalue weighted by Crippen LogP contribution is -2.47. The fraction of sp³-hybridized carbons (Fsp3) is 0.944. The van der Waals surface area contributed by atoms with Gasteiger partial charge in [-0.2, -0.15) is 0 Å². The van der Waals surface area contributed by atoms with Crippen molar-refractivity contribution >= 4 is 37.9 Å². The molecule has 5 heteroatoms. The number of piperidine rings is 1. The summed E-state index contributed by atoms with van der Waals surface area (Å²) in [6, 6.07) is 0.411. The van der Waals surface area contributed by atoms with Gasteiger partial charge in [-0.3, -0.25) is 9.46 Å². The molecule has 0 N–H and O–H groups in total. The quantitative estimate of drug-likeness (QED) is 0.355. The largest absolute Gasteiger partial charge is 0.338 e. The monoisotopic (exact) mass is 452 g/mol. The first-order valence-electron chi connectivity index (χ1n) is 9.09. The standard InChI is InChI=1S/C18H34IN2OP/c1-12(13(2)14(3)19)9-15-10-21(17(22)18(15,4)5)16-7-6-8-20(23)11-16/h12-16H,6-11,23H2,1-5H3/t12-,13-,14-,15?,16+/m1/s1. The molecule has 0 aromatic carbocycles. The molecule has 0 bridgehead atoms. The van der Waals surface area contributed by atoms with Crippen molar-refractivity contribution < 1.29 is 4.79 Å². The molecule has 6 atom stereocenters. The third-order valence-corrected chi connectivity index (χ3v) is 8.00. The third-order valence-electron chi connectivity index (χ3n) is 6.40. The van der Waals surface area contributed by atoms with E-state index in [4.69, 9.17) is 0 Å². The van der Waals surface area contributed by atoms with Gasteiger partial charge in [0.15, 0.2) is 0 Å². The minimum Gasteiger partial charge on any atom is -0.338 e. The summed E-state index contributed by atoms with van der Waals surface area (Å²) in [6.45, 7) is 14.5. The Hall–Kier alpha value is 0.590. The zero-order valence-corrected chi connectivity index (χ0v) is 18.7. The highest BCUT2D eigenvalue weighted by Crippen LogP contribution is 2.43. The Balaban J connectivity index is 2.06. The maximum atomic E-state index is 13.0. The molecule has 0 saturated carbocycles. The van der Waals surface area contributed by atoms with Crippen molar-refractivity contribution in [3.63, 3.8) is 0 Å². The van der Waals surface area contributed by atoms with Gasteiger partial charge in [-0.05, 0) is 37.0 Å². The molecule has 0 spiro atoms. The molecule has 0 aliphatic carbocycles. The van der Waals surface area contributed by atoms with Crippen LogP contribution in [-0.4, -0.2) is 45.1 Å². The third kappa shape index (κ3) is 4.41. The number of nitrogens with zero attached hydrogens (tertiary/aromatic N) is 2. The topological polar surface area (TPSA) is 23.6 Å². The summed E-state index contributed by atoms with van der Waals surface area (Å²) < 4.78 is 2.98. The predicted molar refractivity (Wildman–Crippen MR) is 110 cm³/mol. The minimum absolute atomic E-state index is 0.203. The second kappa shape index (κ2) is 7.86. The molecule has 1 amide bonds. The molecule has 0 aromatic heterocycles. The van der Waals surface area contributed by atoms with Crippen LogP contribution in [-0.2, 0) is 4.79 Å². The minimum atomic E-state index is -0.203. The summed E-state index contributed by atoms with van der Waals surface area (Å²) in [7, 11) is 2.82. The molecule has 2 rings (SSSR count). The molecule has 2 aliphatic rings. The van der Waals surface area contributed by atoms with Crippen molar-refractivity contribution in [2.24, 2.45) is 23.2 Å². The number of likely N-dealkylation sites (tertiary alicyclic amines) is 1. The van der Waals surface area contributed by atoms with E-state index in [1.807, 2.05) is 0 Å². The van der Waals surface area contributed by atoms with Gasteiger partial charge in [-0.15, -0.1) is 0 Å². The van der Waals surface area contributed by atoms with E-state index in [0.717, 1.165) is 26.1 Å². The van der Waals surface area contributed by atoms with Gasteiger partial charge in [0.1, 0.15) is 0 Å². The van der Waals surface area contributed by atoms with Gasteiger partial charge in [0, 0.05) is 35.0 Å². The smallest absolute Gasteiger partial charge is 0.228 e. The summed E-state index contributed by atoms with van der Waals surface area (Å²) >= 11 is 2.54. The molecule has 2 unspecified atom stereocenters. The number of hydrogen-bond donors (Lipinski definition) is 0. The van der Waals surface area contributed by atoms with Crippen LogP contribution in [0.25, 0.3) is 0 Å². The van der Waals surface area contributed by atoms with Crippen molar-refractivity contribution in [3.8, 4) is 0 Å². The molecular weight excluding hydrogens is 418 g/mol. The maximum absolute atomic E-state index is 13.0. The van der Waals surface area contributed by atoms with E-state index in [1.165, 1.54) is 12.8 Å². The van der Waals surface area contributed by atoms with Gasteiger partial charge in [0.05, 0.1) is 0 Å². The van der Waals surface area contributed by atoms with Crippen LogP contribution >= 0.6 is 32.0 Å². The Kier molecular flexibility index (Phi) is 6.81. The summed E-state index contributed by atoms with van der Waals surface area (Å²) in [4.78, 5) is 15.2. The van der Waals surface area contributed by atoms with E-state index in [1.54, 1.807) is 0 Å². The SMILES string of the molecule is C[C@H]([C@H](C)CC1CN([C@H]2CCCN(P)C2)C(=O)C1(C)C)[C@@H](C)I. The van der Waals surface area contributed by atoms with E-state index in [-0.39, 0.29) is 5.41 Å². The molecule has 3 nitrogen and oxygen atoms in total. The molecule has 0 aromatic rings. The maximum Gasteiger partial charge on any atom is 0.228 e. The lowest BCUT2D eigenvalue weighted by molar-refractivity contribution is -0.137. The highest BCUT2D eigenvalue weighted by Gasteiger charge is 2.49. The van der Waals surface area contributed by atoms with Crippen molar-refractivity contribution in [3.05, 3.63) is 0 Å². The average molecular weight is 452 g/mol. The van der Waals surface area contributed by atoms with E-state index in [0.29, 0.717) is 33.6 Å². The van der Waals surface area contributed by atoms with E-state index in [2.05, 4.69) is 76.2 Å². The zero-order chi connectivity index (χ0) is 17.4. The Morgan fingerprint density at radius 3 is 2.52 bits per heavy atom. The molecule has 2 aliphatic heterocycles. The Labute approximate surface area is 158 Å². The van der Waals surface area contributed by atoms with Crippen molar-refractivity contribution in [2.45, 2.75) is 63.8 Å². The van der Waals surface area contributed by atoms with Crippen LogP contribution in [0.4, 0.5) is 0 Å². The van der Waals surface area contributed by atoms with E-state index < -0.39 is 0 Å².